The first-order valence-corrected chi connectivity index (χ1v) is 6.72. The van der Waals surface area contributed by atoms with Crippen molar-refractivity contribution in [1.82, 2.24) is 9.80 Å². The van der Waals surface area contributed by atoms with Crippen LogP contribution >= 0.6 is 0 Å². The summed E-state index contributed by atoms with van der Waals surface area (Å²) in [5.74, 6) is 0.669. The van der Waals surface area contributed by atoms with Gasteiger partial charge in [0.05, 0.1) is 0 Å². The molecular weight excluding hydrogens is 200 g/mol. The van der Waals surface area contributed by atoms with Crippen LogP contribution in [0.25, 0.3) is 0 Å². The first-order valence-electron chi connectivity index (χ1n) is 6.72. The lowest BCUT2D eigenvalue weighted by Crippen LogP contribution is -2.47. The summed E-state index contributed by atoms with van der Waals surface area (Å²) in [5, 5.41) is 0. The molecule has 1 fully saturated rings. The zero-order valence-electron chi connectivity index (χ0n) is 11.0. The van der Waals surface area contributed by atoms with Gasteiger partial charge in [-0.2, -0.15) is 0 Å². The third kappa shape index (κ3) is 3.69. The summed E-state index contributed by atoms with van der Waals surface area (Å²) in [6, 6.07) is 0.252. The van der Waals surface area contributed by atoms with Gasteiger partial charge in [-0.25, -0.2) is 4.79 Å². The normalized spacial score (nSPS) is 20.9. The van der Waals surface area contributed by atoms with Crippen LogP contribution in [0.4, 0.5) is 4.79 Å². The number of likely N-dealkylation sites (tertiary alicyclic amines) is 1. The molecule has 1 aliphatic rings. The Labute approximate surface area is 99.8 Å². The van der Waals surface area contributed by atoms with Gasteiger partial charge in [0.25, 0.3) is 0 Å². The van der Waals surface area contributed by atoms with Gasteiger partial charge >= 0.3 is 6.03 Å². The molecule has 1 saturated heterocycles. The Morgan fingerprint density at radius 3 is 2.75 bits per heavy atom. The molecule has 3 nitrogen and oxygen atoms in total. The Balaban J connectivity index is 2.46. The molecule has 1 unspecified atom stereocenters. The molecule has 3 heteroatoms. The Morgan fingerprint density at radius 2 is 2.19 bits per heavy atom. The summed E-state index contributed by atoms with van der Waals surface area (Å²) in [6.45, 7) is 10.1. The molecule has 2 amide bonds. The Hall–Kier alpha value is -0.730. The van der Waals surface area contributed by atoms with Crippen LogP contribution in [0.3, 0.4) is 0 Å². The van der Waals surface area contributed by atoms with Gasteiger partial charge in [0.2, 0.25) is 0 Å². The molecule has 0 bridgehead atoms. The van der Waals surface area contributed by atoms with E-state index in [-0.39, 0.29) is 6.03 Å². The van der Waals surface area contributed by atoms with E-state index in [2.05, 4.69) is 20.8 Å². The van der Waals surface area contributed by atoms with Gasteiger partial charge in [0, 0.05) is 26.2 Å². The predicted molar refractivity (Wildman–Crippen MR) is 67.5 cm³/mol. The summed E-state index contributed by atoms with van der Waals surface area (Å²) in [7, 11) is 0. The topological polar surface area (TPSA) is 23.6 Å². The van der Waals surface area contributed by atoms with E-state index in [0.717, 1.165) is 45.4 Å². The molecule has 1 aliphatic heterocycles. The lowest BCUT2D eigenvalue weighted by molar-refractivity contribution is 0.132. The Kier molecular flexibility index (Phi) is 5.64. The van der Waals surface area contributed by atoms with Gasteiger partial charge in [0.15, 0.2) is 0 Å². The van der Waals surface area contributed by atoms with E-state index in [0.29, 0.717) is 5.92 Å². The average Bonchev–Trinajstić information content (AvgIpc) is 2.29. The van der Waals surface area contributed by atoms with E-state index in [1.54, 1.807) is 0 Å². The van der Waals surface area contributed by atoms with E-state index in [1.165, 1.54) is 6.42 Å². The summed E-state index contributed by atoms with van der Waals surface area (Å²) in [6.07, 6.45) is 4.70. The smallest absolute Gasteiger partial charge is 0.319 e. The number of unbranched alkanes of at least 4 members (excludes halogenated alkanes) is 1. The molecule has 0 N–H and O–H groups in total. The molecular formula is C13H26N2O. The Morgan fingerprint density at radius 1 is 1.44 bits per heavy atom. The highest BCUT2D eigenvalue weighted by Gasteiger charge is 2.23. The zero-order chi connectivity index (χ0) is 12.0. The summed E-state index contributed by atoms with van der Waals surface area (Å²) in [5.41, 5.74) is 0. The maximum absolute atomic E-state index is 12.2. The minimum absolute atomic E-state index is 0.252. The minimum atomic E-state index is 0.252. The van der Waals surface area contributed by atoms with Crippen molar-refractivity contribution in [3.63, 3.8) is 0 Å². The van der Waals surface area contributed by atoms with Crippen molar-refractivity contribution < 1.29 is 4.79 Å². The van der Waals surface area contributed by atoms with Crippen LogP contribution in [-0.4, -0.2) is 42.0 Å². The monoisotopic (exact) mass is 226 g/mol. The molecule has 16 heavy (non-hydrogen) atoms. The summed E-state index contributed by atoms with van der Waals surface area (Å²) < 4.78 is 0. The van der Waals surface area contributed by atoms with Crippen LogP contribution < -0.4 is 0 Å². The molecule has 0 aliphatic carbocycles. The second-order valence-corrected chi connectivity index (χ2v) is 4.91. The fraction of sp³-hybridized carbons (Fsp3) is 0.923. The fourth-order valence-electron chi connectivity index (χ4n) is 2.30. The molecule has 1 atom stereocenters. The molecule has 1 heterocycles. The average molecular weight is 226 g/mol. The number of urea groups is 1. The van der Waals surface area contributed by atoms with Crippen LogP contribution in [0.1, 0.15) is 46.5 Å². The largest absolute Gasteiger partial charge is 0.325 e. The quantitative estimate of drug-likeness (QED) is 0.723. The minimum Gasteiger partial charge on any atom is -0.325 e. The van der Waals surface area contributed by atoms with Gasteiger partial charge in [-0.3, -0.25) is 0 Å². The number of hydrogen-bond donors (Lipinski definition) is 0. The van der Waals surface area contributed by atoms with Gasteiger partial charge in [0.1, 0.15) is 0 Å². The molecule has 0 saturated carbocycles. The Bertz CT molecular complexity index is 218. The second kappa shape index (κ2) is 6.77. The van der Waals surface area contributed by atoms with Crippen molar-refractivity contribution in [3.05, 3.63) is 0 Å². The number of piperidine rings is 1. The highest BCUT2D eigenvalue weighted by molar-refractivity contribution is 5.74. The summed E-state index contributed by atoms with van der Waals surface area (Å²) in [4.78, 5) is 16.3. The molecule has 0 spiro atoms. The van der Waals surface area contributed by atoms with Crippen LogP contribution in [-0.2, 0) is 0 Å². The highest BCUT2D eigenvalue weighted by atomic mass is 16.2. The van der Waals surface area contributed by atoms with E-state index in [9.17, 15) is 4.79 Å². The second-order valence-electron chi connectivity index (χ2n) is 4.91. The number of nitrogens with zero attached hydrogens (tertiary/aromatic N) is 2. The molecule has 1 rings (SSSR count). The molecule has 94 valence electrons. The van der Waals surface area contributed by atoms with E-state index in [4.69, 9.17) is 0 Å². The van der Waals surface area contributed by atoms with Crippen molar-refractivity contribution in [1.29, 1.82) is 0 Å². The molecule has 0 radical (unpaired) electrons. The zero-order valence-corrected chi connectivity index (χ0v) is 11.0. The molecule has 0 aromatic carbocycles. The number of rotatable bonds is 4. The van der Waals surface area contributed by atoms with Crippen LogP contribution in [0.15, 0.2) is 0 Å². The van der Waals surface area contributed by atoms with Gasteiger partial charge in [-0.05, 0) is 32.1 Å². The number of hydrogen-bond acceptors (Lipinski definition) is 1. The number of carbonyl (C=O) groups excluding carboxylic acids is 1. The van der Waals surface area contributed by atoms with Crippen LogP contribution in [0.2, 0.25) is 0 Å². The van der Waals surface area contributed by atoms with Crippen molar-refractivity contribution in [2.75, 3.05) is 26.2 Å². The highest BCUT2D eigenvalue weighted by Crippen LogP contribution is 2.17. The van der Waals surface area contributed by atoms with Crippen molar-refractivity contribution >= 4 is 6.03 Å². The molecule has 0 aromatic rings. The lowest BCUT2D eigenvalue weighted by atomic mass is 10.0. The maximum Gasteiger partial charge on any atom is 0.319 e. The van der Waals surface area contributed by atoms with Gasteiger partial charge in [-0.1, -0.05) is 20.3 Å². The van der Waals surface area contributed by atoms with Crippen molar-refractivity contribution in [2.45, 2.75) is 46.5 Å². The lowest BCUT2D eigenvalue weighted by Gasteiger charge is -2.35. The van der Waals surface area contributed by atoms with E-state index in [1.807, 2.05) is 9.80 Å². The third-order valence-corrected chi connectivity index (χ3v) is 3.36. The third-order valence-electron chi connectivity index (χ3n) is 3.36. The van der Waals surface area contributed by atoms with Crippen molar-refractivity contribution in [3.8, 4) is 0 Å². The standard InChI is InChI=1S/C13H26N2O/c1-4-6-9-14(5-2)13(16)15-10-7-8-12(3)11-15/h12H,4-11H2,1-3H3. The fourth-order valence-corrected chi connectivity index (χ4v) is 2.30. The first kappa shape index (κ1) is 13.3. The SMILES string of the molecule is CCCCN(CC)C(=O)N1CCCC(C)C1. The number of amides is 2. The van der Waals surface area contributed by atoms with Crippen LogP contribution in [0.5, 0.6) is 0 Å². The van der Waals surface area contributed by atoms with Crippen molar-refractivity contribution in [2.24, 2.45) is 5.92 Å². The van der Waals surface area contributed by atoms with Gasteiger partial charge in [-0.15, -0.1) is 0 Å². The van der Waals surface area contributed by atoms with Gasteiger partial charge < -0.3 is 9.80 Å². The van der Waals surface area contributed by atoms with E-state index < -0.39 is 0 Å². The summed E-state index contributed by atoms with van der Waals surface area (Å²) >= 11 is 0. The van der Waals surface area contributed by atoms with Crippen LogP contribution in [0, 0.1) is 5.92 Å². The maximum atomic E-state index is 12.2. The first-order chi connectivity index (χ1) is 7.69. The number of carbonyl (C=O) groups is 1. The molecule has 0 aromatic heterocycles. The predicted octanol–water partition coefficient (Wildman–Crippen LogP) is 2.96. The van der Waals surface area contributed by atoms with E-state index >= 15 is 0 Å².